The third-order valence-corrected chi connectivity index (χ3v) is 5.02. The molecule has 1 aromatic heterocycles. The monoisotopic (exact) mass is 380 g/mol. The van der Waals surface area contributed by atoms with Gasteiger partial charge in [-0.05, 0) is 61.9 Å². The van der Waals surface area contributed by atoms with E-state index in [0.29, 0.717) is 18.8 Å². The van der Waals surface area contributed by atoms with Crippen LogP contribution in [0, 0.1) is 0 Å². The molecule has 2 N–H and O–H groups in total. The molecule has 0 bridgehead atoms. The smallest absolute Gasteiger partial charge is 0.338 e. The Morgan fingerprint density at radius 2 is 2.07 bits per heavy atom. The van der Waals surface area contributed by atoms with E-state index in [1.165, 1.54) is 10.9 Å². The van der Waals surface area contributed by atoms with Crippen LogP contribution in [-0.4, -0.2) is 37.3 Å². The molecule has 0 aliphatic carbocycles. The third-order valence-electron chi connectivity index (χ3n) is 5.02. The van der Waals surface area contributed by atoms with E-state index in [0.717, 1.165) is 35.5 Å². The maximum atomic E-state index is 11.5. The summed E-state index contributed by atoms with van der Waals surface area (Å²) in [6.07, 6.45) is 2.97. The highest BCUT2D eigenvalue weighted by Crippen LogP contribution is 2.25. The summed E-state index contributed by atoms with van der Waals surface area (Å²) in [4.78, 5) is 14.8. The van der Waals surface area contributed by atoms with Crippen LogP contribution in [0.5, 0.6) is 11.5 Å². The zero-order valence-electron chi connectivity index (χ0n) is 16.1. The normalized spacial score (nSPS) is 14.0. The minimum atomic E-state index is -0.258. The second-order valence-corrected chi connectivity index (χ2v) is 7.04. The van der Waals surface area contributed by atoms with E-state index in [9.17, 15) is 4.79 Å². The summed E-state index contributed by atoms with van der Waals surface area (Å²) in [6, 6.07) is 11.7. The molecule has 1 aliphatic heterocycles. The first-order chi connectivity index (χ1) is 13.6. The van der Waals surface area contributed by atoms with Gasteiger partial charge in [0, 0.05) is 28.7 Å². The Labute approximate surface area is 163 Å². The number of esters is 1. The molecular formula is C22H24N2O4. The molecule has 0 radical (unpaired) electrons. The Hall–Kier alpha value is -2.99. The van der Waals surface area contributed by atoms with Gasteiger partial charge in [0.25, 0.3) is 0 Å². The lowest BCUT2D eigenvalue weighted by Gasteiger charge is -2.15. The van der Waals surface area contributed by atoms with Gasteiger partial charge in [0.05, 0.1) is 12.7 Å². The van der Waals surface area contributed by atoms with Crippen LogP contribution in [0.4, 0.5) is 0 Å². The van der Waals surface area contributed by atoms with Crippen molar-refractivity contribution >= 4 is 16.9 Å². The van der Waals surface area contributed by atoms with Crippen molar-refractivity contribution in [3.8, 4) is 11.5 Å². The van der Waals surface area contributed by atoms with Crippen molar-refractivity contribution in [3.05, 3.63) is 59.3 Å². The molecule has 2 aromatic carbocycles. The lowest BCUT2D eigenvalue weighted by molar-refractivity contribution is 0.0535. The number of benzene rings is 2. The van der Waals surface area contributed by atoms with Gasteiger partial charge in [0.2, 0.25) is 0 Å². The zero-order chi connectivity index (χ0) is 19.5. The van der Waals surface area contributed by atoms with Gasteiger partial charge >= 0.3 is 5.97 Å². The van der Waals surface area contributed by atoms with Crippen molar-refractivity contribution in [2.45, 2.75) is 26.0 Å². The number of carbonyl (C=O) groups is 1. The zero-order valence-corrected chi connectivity index (χ0v) is 16.1. The number of ether oxygens (including phenoxy) is 3. The Bertz CT molecular complexity index is 995. The van der Waals surface area contributed by atoms with Crippen LogP contribution in [-0.2, 0) is 17.8 Å². The van der Waals surface area contributed by atoms with Crippen LogP contribution in [0.3, 0.4) is 0 Å². The number of rotatable bonds is 8. The molecule has 2 heterocycles. The second kappa shape index (κ2) is 7.94. The molecule has 146 valence electrons. The fourth-order valence-corrected chi connectivity index (χ4v) is 3.42. The fraction of sp³-hybridized carbons (Fsp3) is 0.318. The highest BCUT2D eigenvalue weighted by molar-refractivity contribution is 5.93. The van der Waals surface area contributed by atoms with E-state index in [1.807, 2.05) is 24.3 Å². The molecular weight excluding hydrogens is 356 g/mol. The molecule has 0 fully saturated rings. The SMILES string of the molecule is COc1ccc2[nH]cc(CCNC(C)COc3ccc4c(c3)COC4=O)c2c1. The van der Waals surface area contributed by atoms with Crippen molar-refractivity contribution in [3.63, 3.8) is 0 Å². The van der Waals surface area contributed by atoms with Gasteiger partial charge in [0.1, 0.15) is 24.7 Å². The molecule has 0 spiro atoms. The Morgan fingerprint density at radius 3 is 2.93 bits per heavy atom. The topological polar surface area (TPSA) is 72.6 Å². The van der Waals surface area contributed by atoms with Gasteiger partial charge in [-0.25, -0.2) is 4.79 Å². The van der Waals surface area contributed by atoms with E-state index >= 15 is 0 Å². The predicted octanol–water partition coefficient (Wildman–Crippen LogP) is 3.45. The molecule has 1 atom stereocenters. The van der Waals surface area contributed by atoms with Crippen LogP contribution in [0.1, 0.15) is 28.4 Å². The quantitative estimate of drug-likeness (QED) is 0.586. The van der Waals surface area contributed by atoms with E-state index in [2.05, 4.69) is 29.5 Å². The average molecular weight is 380 g/mol. The summed E-state index contributed by atoms with van der Waals surface area (Å²) in [5, 5.41) is 4.69. The number of cyclic esters (lactones) is 1. The molecule has 4 rings (SSSR count). The lowest BCUT2D eigenvalue weighted by Crippen LogP contribution is -2.33. The molecule has 1 unspecified atom stereocenters. The summed E-state index contributed by atoms with van der Waals surface area (Å²) >= 11 is 0. The standard InChI is InChI=1S/C22H24N2O4/c1-14(12-27-18-3-5-19-16(9-18)13-28-22(19)25)23-8-7-15-11-24-21-6-4-17(26-2)10-20(15)21/h3-6,9-11,14,23-24H,7-8,12-13H2,1-2H3. The minimum absolute atomic E-state index is 0.200. The van der Waals surface area contributed by atoms with Crippen molar-refractivity contribution in [1.29, 1.82) is 0 Å². The van der Waals surface area contributed by atoms with Crippen molar-refractivity contribution in [2.75, 3.05) is 20.3 Å². The number of hydrogen-bond donors (Lipinski definition) is 2. The molecule has 0 amide bonds. The average Bonchev–Trinajstić information content (AvgIpc) is 3.29. The van der Waals surface area contributed by atoms with Crippen LogP contribution >= 0.6 is 0 Å². The van der Waals surface area contributed by atoms with Crippen LogP contribution in [0.2, 0.25) is 0 Å². The highest BCUT2D eigenvalue weighted by Gasteiger charge is 2.21. The number of carbonyl (C=O) groups excluding carboxylic acids is 1. The summed E-state index contributed by atoms with van der Waals surface area (Å²) < 4.78 is 16.2. The lowest BCUT2D eigenvalue weighted by atomic mass is 10.1. The molecule has 0 saturated carbocycles. The maximum Gasteiger partial charge on any atom is 0.338 e. The van der Waals surface area contributed by atoms with Crippen molar-refractivity contribution < 1.29 is 19.0 Å². The van der Waals surface area contributed by atoms with E-state index < -0.39 is 0 Å². The third kappa shape index (κ3) is 3.82. The first kappa shape index (κ1) is 18.4. The predicted molar refractivity (Wildman–Crippen MR) is 107 cm³/mol. The van der Waals surface area contributed by atoms with Crippen LogP contribution in [0.15, 0.2) is 42.6 Å². The number of aromatic nitrogens is 1. The van der Waals surface area contributed by atoms with Crippen LogP contribution in [0.25, 0.3) is 10.9 Å². The Kier molecular flexibility index (Phi) is 5.21. The molecule has 6 nitrogen and oxygen atoms in total. The van der Waals surface area contributed by atoms with Crippen molar-refractivity contribution in [1.82, 2.24) is 10.3 Å². The van der Waals surface area contributed by atoms with Gasteiger partial charge in [-0.1, -0.05) is 0 Å². The van der Waals surface area contributed by atoms with Gasteiger partial charge in [-0.3, -0.25) is 0 Å². The van der Waals surface area contributed by atoms with Gasteiger partial charge in [-0.2, -0.15) is 0 Å². The Morgan fingerprint density at radius 1 is 1.21 bits per heavy atom. The van der Waals surface area contributed by atoms with Gasteiger partial charge in [0.15, 0.2) is 0 Å². The summed E-state index contributed by atoms with van der Waals surface area (Å²) in [5.74, 6) is 1.37. The van der Waals surface area contributed by atoms with E-state index in [4.69, 9.17) is 14.2 Å². The van der Waals surface area contributed by atoms with Gasteiger partial charge < -0.3 is 24.5 Å². The number of nitrogens with one attached hydrogen (secondary N) is 2. The number of hydrogen-bond acceptors (Lipinski definition) is 5. The highest BCUT2D eigenvalue weighted by atomic mass is 16.5. The molecule has 1 aliphatic rings. The largest absolute Gasteiger partial charge is 0.497 e. The van der Waals surface area contributed by atoms with Gasteiger partial charge in [-0.15, -0.1) is 0 Å². The second-order valence-electron chi connectivity index (χ2n) is 7.04. The maximum absolute atomic E-state index is 11.5. The summed E-state index contributed by atoms with van der Waals surface area (Å²) in [6.45, 7) is 3.82. The molecule has 28 heavy (non-hydrogen) atoms. The van der Waals surface area contributed by atoms with E-state index in [1.54, 1.807) is 13.2 Å². The Balaban J connectivity index is 1.27. The number of fused-ring (bicyclic) bond motifs is 2. The minimum Gasteiger partial charge on any atom is -0.497 e. The first-order valence-corrected chi connectivity index (χ1v) is 9.44. The van der Waals surface area contributed by atoms with Crippen LogP contribution < -0.4 is 14.8 Å². The fourth-order valence-electron chi connectivity index (χ4n) is 3.42. The first-order valence-electron chi connectivity index (χ1n) is 9.44. The number of methoxy groups -OCH3 is 1. The van der Waals surface area contributed by atoms with E-state index in [-0.39, 0.29) is 12.0 Å². The molecule has 0 saturated heterocycles. The molecule has 3 aromatic rings. The number of H-pyrrole nitrogens is 1. The van der Waals surface area contributed by atoms with Crippen molar-refractivity contribution in [2.24, 2.45) is 0 Å². The summed E-state index contributed by atoms with van der Waals surface area (Å²) in [5.41, 5.74) is 3.90. The summed E-state index contributed by atoms with van der Waals surface area (Å²) in [7, 11) is 1.68. The number of aromatic amines is 1. The molecule has 6 heteroatoms.